The number of rotatable bonds is 8. The minimum atomic E-state index is -3.73. The number of anilines is 2. The maximum absolute atomic E-state index is 13.8. The summed E-state index contributed by atoms with van der Waals surface area (Å²) in [4.78, 5) is 12.5. The lowest BCUT2D eigenvalue weighted by atomic mass is 10.2. The van der Waals surface area contributed by atoms with E-state index < -0.39 is 27.8 Å². The molecule has 2 N–H and O–H groups in total. The van der Waals surface area contributed by atoms with Gasteiger partial charge in [-0.1, -0.05) is 18.6 Å². The second-order valence-electron chi connectivity index (χ2n) is 7.39. The normalized spacial score (nSPS) is 15.8. The van der Waals surface area contributed by atoms with E-state index in [9.17, 15) is 17.6 Å². The molecular formula is C22H28FN3O4S. The molecule has 1 heterocycles. The average Bonchev–Trinajstić information content (AvgIpc) is 2.77. The van der Waals surface area contributed by atoms with Gasteiger partial charge in [0, 0.05) is 18.8 Å². The SMILES string of the molecule is CCOc1ccc(NC(C)C(=O)Nc2ccccc2F)cc1S(=O)(=O)N1CCCCC1. The predicted octanol–water partition coefficient (Wildman–Crippen LogP) is 3.84. The van der Waals surface area contributed by atoms with Gasteiger partial charge in [0.2, 0.25) is 15.9 Å². The Hall–Kier alpha value is -2.65. The van der Waals surface area contributed by atoms with E-state index in [1.54, 1.807) is 32.0 Å². The molecule has 1 amide bonds. The summed E-state index contributed by atoms with van der Waals surface area (Å²) in [6.45, 7) is 4.70. The number of ether oxygens (including phenoxy) is 1. The summed E-state index contributed by atoms with van der Waals surface area (Å²) in [5.74, 6) is -0.694. The fourth-order valence-electron chi connectivity index (χ4n) is 3.44. The molecule has 3 rings (SSSR count). The van der Waals surface area contributed by atoms with E-state index in [0.717, 1.165) is 19.3 Å². The number of halogens is 1. The van der Waals surface area contributed by atoms with E-state index in [1.165, 1.54) is 28.6 Å². The molecule has 2 aromatic rings. The zero-order chi connectivity index (χ0) is 22.4. The van der Waals surface area contributed by atoms with Gasteiger partial charge < -0.3 is 15.4 Å². The third-order valence-corrected chi connectivity index (χ3v) is 7.00. The van der Waals surface area contributed by atoms with Gasteiger partial charge in [-0.2, -0.15) is 4.31 Å². The van der Waals surface area contributed by atoms with Crippen LogP contribution in [0.5, 0.6) is 5.75 Å². The van der Waals surface area contributed by atoms with Crippen LogP contribution in [0.1, 0.15) is 33.1 Å². The topological polar surface area (TPSA) is 87.7 Å². The Morgan fingerprint density at radius 2 is 1.87 bits per heavy atom. The first-order chi connectivity index (χ1) is 14.8. The molecule has 0 aromatic heterocycles. The van der Waals surface area contributed by atoms with Crippen LogP contribution in [0, 0.1) is 5.82 Å². The van der Waals surface area contributed by atoms with Crippen molar-refractivity contribution < 1.29 is 22.3 Å². The lowest BCUT2D eigenvalue weighted by Gasteiger charge is -2.27. The highest BCUT2D eigenvalue weighted by atomic mass is 32.2. The number of nitrogens with one attached hydrogen (secondary N) is 2. The molecule has 9 heteroatoms. The van der Waals surface area contributed by atoms with Crippen LogP contribution in [0.15, 0.2) is 47.4 Å². The summed E-state index contributed by atoms with van der Waals surface area (Å²) in [6.07, 6.45) is 2.67. The van der Waals surface area contributed by atoms with Gasteiger partial charge in [0.15, 0.2) is 0 Å². The van der Waals surface area contributed by atoms with E-state index in [0.29, 0.717) is 25.4 Å². The second kappa shape index (κ2) is 10.1. The van der Waals surface area contributed by atoms with Crippen LogP contribution in [0.3, 0.4) is 0 Å². The Balaban J connectivity index is 1.81. The minimum Gasteiger partial charge on any atom is -0.492 e. The van der Waals surface area contributed by atoms with Crippen LogP contribution >= 0.6 is 0 Å². The Kier molecular flexibility index (Phi) is 7.50. The van der Waals surface area contributed by atoms with Crippen LogP contribution in [-0.2, 0) is 14.8 Å². The summed E-state index contributed by atoms with van der Waals surface area (Å²) in [5, 5.41) is 5.52. The van der Waals surface area contributed by atoms with Gasteiger partial charge in [0.25, 0.3) is 0 Å². The van der Waals surface area contributed by atoms with Gasteiger partial charge in [-0.15, -0.1) is 0 Å². The van der Waals surface area contributed by atoms with Crippen LogP contribution in [-0.4, -0.2) is 44.4 Å². The zero-order valence-electron chi connectivity index (χ0n) is 17.7. The summed E-state index contributed by atoms with van der Waals surface area (Å²) in [6, 6.07) is 9.90. The molecule has 2 aromatic carbocycles. The molecular weight excluding hydrogens is 421 g/mol. The van der Waals surface area contributed by atoms with Crippen LogP contribution in [0.25, 0.3) is 0 Å². The number of hydrogen-bond donors (Lipinski definition) is 2. The molecule has 1 unspecified atom stereocenters. The largest absolute Gasteiger partial charge is 0.492 e. The van der Waals surface area contributed by atoms with Crippen molar-refractivity contribution in [1.82, 2.24) is 4.31 Å². The van der Waals surface area contributed by atoms with Crippen molar-refractivity contribution >= 4 is 27.3 Å². The van der Waals surface area contributed by atoms with Gasteiger partial charge in [-0.3, -0.25) is 4.79 Å². The number of piperidine rings is 1. The zero-order valence-corrected chi connectivity index (χ0v) is 18.5. The fraction of sp³-hybridized carbons (Fsp3) is 0.409. The third-order valence-electron chi connectivity index (χ3n) is 5.08. The van der Waals surface area contributed by atoms with E-state index in [2.05, 4.69) is 10.6 Å². The lowest BCUT2D eigenvalue weighted by Crippen LogP contribution is -2.36. The molecule has 168 valence electrons. The second-order valence-corrected chi connectivity index (χ2v) is 9.30. The van der Waals surface area contributed by atoms with Crippen molar-refractivity contribution in [1.29, 1.82) is 0 Å². The van der Waals surface area contributed by atoms with Crippen LogP contribution in [0.2, 0.25) is 0 Å². The number of sulfonamides is 1. The molecule has 7 nitrogen and oxygen atoms in total. The Bertz CT molecular complexity index is 1020. The fourth-order valence-corrected chi connectivity index (χ4v) is 5.11. The monoisotopic (exact) mass is 449 g/mol. The smallest absolute Gasteiger partial charge is 0.246 e. The Labute approximate surface area is 182 Å². The number of benzene rings is 2. The van der Waals surface area contributed by atoms with Gasteiger partial charge in [0.05, 0.1) is 12.3 Å². The molecule has 1 atom stereocenters. The molecule has 1 fully saturated rings. The molecule has 1 aliphatic heterocycles. The summed E-state index contributed by atoms with van der Waals surface area (Å²) >= 11 is 0. The molecule has 31 heavy (non-hydrogen) atoms. The summed E-state index contributed by atoms with van der Waals surface area (Å²) in [7, 11) is -3.73. The lowest BCUT2D eigenvalue weighted by molar-refractivity contribution is -0.116. The molecule has 1 aliphatic rings. The third kappa shape index (κ3) is 5.54. The van der Waals surface area contributed by atoms with Gasteiger partial charge >= 0.3 is 0 Å². The van der Waals surface area contributed by atoms with Crippen molar-refractivity contribution in [2.45, 2.75) is 44.0 Å². The van der Waals surface area contributed by atoms with Crippen molar-refractivity contribution in [2.24, 2.45) is 0 Å². The maximum Gasteiger partial charge on any atom is 0.246 e. The summed E-state index contributed by atoms with van der Waals surface area (Å²) in [5.41, 5.74) is 0.538. The molecule has 0 spiro atoms. The quantitative estimate of drug-likeness (QED) is 0.639. The highest BCUT2D eigenvalue weighted by Gasteiger charge is 2.29. The van der Waals surface area contributed by atoms with E-state index >= 15 is 0 Å². The first-order valence-corrected chi connectivity index (χ1v) is 11.9. The van der Waals surface area contributed by atoms with Crippen molar-refractivity contribution in [2.75, 3.05) is 30.3 Å². The molecule has 0 aliphatic carbocycles. The standard InChI is InChI=1S/C22H28FN3O4S/c1-3-30-20-12-11-17(15-21(20)31(28,29)26-13-7-4-8-14-26)24-16(2)22(27)25-19-10-6-5-9-18(19)23/h5-6,9-12,15-16,24H,3-4,7-8,13-14H2,1-2H3,(H,25,27). The number of hydrogen-bond acceptors (Lipinski definition) is 5. The minimum absolute atomic E-state index is 0.0722. The number of amides is 1. The predicted molar refractivity (Wildman–Crippen MR) is 118 cm³/mol. The Morgan fingerprint density at radius 3 is 2.55 bits per heavy atom. The first kappa shape index (κ1) is 23.0. The molecule has 0 saturated carbocycles. The first-order valence-electron chi connectivity index (χ1n) is 10.4. The maximum atomic E-state index is 13.8. The Morgan fingerprint density at radius 1 is 1.16 bits per heavy atom. The van der Waals surface area contributed by atoms with E-state index in [4.69, 9.17) is 4.74 Å². The average molecular weight is 450 g/mol. The van der Waals surface area contributed by atoms with Crippen LogP contribution < -0.4 is 15.4 Å². The van der Waals surface area contributed by atoms with Gasteiger partial charge in [-0.05, 0) is 57.0 Å². The highest BCUT2D eigenvalue weighted by Crippen LogP contribution is 2.31. The van der Waals surface area contributed by atoms with Crippen LogP contribution in [0.4, 0.5) is 15.8 Å². The van der Waals surface area contributed by atoms with Crippen molar-refractivity contribution in [3.8, 4) is 5.75 Å². The van der Waals surface area contributed by atoms with Gasteiger partial charge in [-0.25, -0.2) is 12.8 Å². The number of nitrogens with zero attached hydrogens (tertiary/aromatic N) is 1. The number of carbonyl (C=O) groups is 1. The summed E-state index contributed by atoms with van der Waals surface area (Å²) < 4.78 is 47.3. The van der Waals surface area contributed by atoms with Gasteiger partial charge in [0.1, 0.15) is 22.5 Å². The van der Waals surface area contributed by atoms with E-state index in [1.807, 2.05) is 0 Å². The molecule has 0 radical (unpaired) electrons. The van der Waals surface area contributed by atoms with Crippen molar-refractivity contribution in [3.63, 3.8) is 0 Å². The highest BCUT2D eigenvalue weighted by molar-refractivity contribution is 7.89. The molecule has 1 saturated heterocycles. The molecule has 0 bridgehead atoms. The van der Waals surface area contributed by atoms with Crippen molar-refractivity contribution in [3.05, 3.63) is 48.3 Å². The number of carbonyl (C=O) groups excluding carboxylic acids is 1. The van der Waals surface area contributed by atoms with E-state index in [-0.39, 0.29) is 16.3 Å². The number of para-hydroxylation sites is 1.